The van der Waals surface area contributed by atoms with Crippen molar-refractivity contribution in [2.24, 2.45) is 0 Å². The van der Waals surface area contributed by atoms with E-state index in [0.29, 0.717) is 23.7 Å². The molecule has 0 bridgehead atoms. The minimum atomic E-state index is -0.312. The van der Waals surface area contributed by atoms with Crippen molar-refractivity contribution in [3.8, 4) is 0 Å². The van der Waals surface area contributed by atoms with Gasteiger partial charge in [0.25, 0.3) is 11.8 Å². The van der Waals surface area contributed by atoms with E-state index in [1.165, 1.54) is 12.3 Å². The van der Waals surface area contributed by atoms with E-state index in [4.69, 9.17) is 16.3 Å². The van der Waals surface area contributed by atoms with Crippen molar-refractivity contribution in [2.75, 3.05) is 13.2 Å². The molecule has 0 saturated carbocycles. The topological polar surface area (TPSA) is 80.3 Å². The first-order valence-electron chi connectivity index (χ1n) is 8.50. The van der Waals surface area contributed by atoms with E-state index < -0.39 is 0 Å². The second kappa shape index (κ2) is 8.78. The van der Waals surface area contributed by atoms with E-state index in [-0.39, 0.29) is 23.6 Å². The molecule has 2 aromatic rings. The molecule has 0 aliphatic carbocycles. The van der Waals surface area contributed by atoms with E-state index in [9.17, 15) is 9.59 Å². The Hall–Kier alpha value is -2.44. The average molecular weight is 374 g/mol. The summed E-state index contributed by atoms with van der Waals surface area (Å²) >= 11 is 5.84. The second-order valence-electron chi connectivity index (χ2n) is 6.08. The summed E-state index contributed by atoms with van der Waals surface area (Å²) in [4.78, 5) is 28.6. The van der Waals surface area contributed by atoms with E-state index in [1.807, 2.05) is 12.1 Å². The highest BCUT2D eigenvalue weighted by Gasteiger charge is 2.17. The predicted octanol–water partition coefficient (Wildman–Crippen LogP) is 2.57. The number of halogens is 1. The number of amides is 2. The van der Waals surface area contributed by atoms with Crippen LogP contribution in [0, 0.1) is 0 Å². The monoisotopic (exact) mass is 373 g/mol. The molecule has 0 radical (unpaired) electrons. The third-order valence-corrected chi connectivity index (χ3v) is 4.39. The van der Waals surface area contributed by atoms with Crippen molar-refractivity contribution in [1.29, 1.82) is 0 Å². The molecule has 1 aromatic heterocycles. The first-order chi connectivity index (χ1) is 12.6. The van der Waals surface area contributed by atoms with Crippen LogP contribution in [0.15, 0.2) is 42.6 Å². The lowest BCUT2D eigenvalue weighted by atomic mass is 10.2. The molecule has 2 amide bonds. The molecular weight excluding hydrogens is 354 g/mol. The van der Waals surface area contributed by atoms with Gasteiger partial charge in [-0.25, -0.2) is 0 Å². The van der Waals surface area contributed by atoms with E-state index in [0.717, 1.165) is 25.0 Å². The Morgan fingerprint density at radius 2 is 1.96 bits per heavy atom. The largest absolute Gasteiger partial charge is 0.376 e. The molecule has 6 nitrogen and oxygen atoms in total. The SMILES string of the molecule is O=C(NCc1ccc(Cl)cc1)c1ccnc(C(=O)NCC2CCCO2)c1. The zero-order chi connectivity index (χ0) is 18.4. The lowest BCUT2D eigenvalue weighted by Crippen LogP contribution is -2.32. The summed E-state index contributed by atoms with van der Waals surface area (Å²) in [5.41, 5.74) is 1.53. The minimum absolute atomic E-state index is 0.0600. The van der Waals surface area contributed by atoms with Gasteiger partial charge in [-0.3, -0.25) is 14.6 Å². The summed E-state index contributed by atoms with van der Waals surface area (Å²) < 4.78 is 5.48. The maximum atomic E-state index is 12.3. The van der Waals surface area contributed by atoms with Crippen LogP contribution < -0.4 is 10.6 Å². The summed E-state index contributed by atoms with van der Waals surface area (Å²) in [6.07, 6.45) is 3.48. The van der Waals surface area contributed by atoms with Gasteiger partial charge in [-0.2, -0.15) is 0 Å². The predicted molar refractivity (Wildman–Crippen MR) is 98.2 cm³/mol. The standard InChI is InChI=1S/C19H20ClN3O3/c20-15-5-3-13(4-6-15)11-22-18(24)14-7-8-21-17(10-14)19(25)23-12-16-2-1-9-26-16/h3-8,10,16H,1-2,9,11-12H2,(H,22,24)(H,23,25). The van der Waals surface area contributed by atoms with Crippen LogP contribution in [0.3, 0.4) is 0 Å². The first kappa shape index (κ1) is 18.4. The van der Waals surface area contributed by atoms with Crippen LogP contribution in [0.4, 0.5) is 0 Å². The number of nitrogens with zero attached hydrogens (tertiary/aromatic N) is 1. The van der Waals surface area contributed by atoms with Crippen LogP contribution in [-0.4, -0.2) is 36.1 Å². The minimum Gasteiger partial charge on any atom is -0.376 e. The van der Waals surface area contributed by atoms with Crippen LogP contribution >= 0.6 is 11.6 Å². The smallest absolute Gasteiger partial charge is 0.269 e. The van der Waals surface area contributed by atoms with Gasteiger partial charge < -0.3 is 15.4 Å². The van der Waals surface area contributed by atoms with Crippen LogP contribution in [0.5, 0.6) is 0 Å². The van der Waals surface area contributed by atoms with E-state index in [1.54, 1.807) is 18.2 Å². The lowest BCUT2D eigenvalue weighted by Gasteiger charge is -2.11. The number of pyridine rings is 1. The number of nitrogens with one attached hydrogen (secondary N) is 2. The Morgan fingerprint density at radius 3 is 2.69 bits per heavy atom. The Labute approximate surface area is 156 Å². The molecule has 2 heterocycles. The van der Waals surface area contributed by atoms with Gasteiger partial charge in [0.1, 0.15) is 5.69 Å². The Bertz CT molecular complexity index is 774. The maximum absolute atomic E-state index is 12.3. The van der Waals surface area contributed by atoms with Gasteiger partial charge in [0.15, 0.2) is 0 Å². The van der Waals surface area contributed by atoms with E-state index in [2.05, 4.69) is 15.6 Å². The molecule has 0 spiro atoms. The molecule has 1 saturated heterocycles. The molecule has 1 aromatic carbocycles. The zero-order valence-corrected chi connectivity index (χ0v) is 15.0. The van der Waals surface area contributed by atoms with Gasteiger partial charge in [0, 0.05) is 36.5 Å². The van der Waals surface area contributed by atoms with E-state index >= 15 is 0 Å². The maximum Gasteiger partial charge on any atom is 0.269 e. The zero-order valence-electron chi connectivity index (χ0n) is 14.2. The van der Waals surface area contributed by atoms with Gasteiger partial charge in [-0.15, -0.1) is 0 Å². The fourth-order valence-corrected chi connectivity index (χ4v) is 2.81. The molecule has 1 fully saturated rings. The van der Waals surface area contributed by atoms with Gasteiger partial charge >= 0.3 is 0 Å². The number of rotatable bonds is 6. The van der Waals surface area contributed by atoms with Crippen molar-refractivity contribution in [3.05, 3.63) is 64.4 Å². The first-order valence-corrected chi connectivity index (χ1v) is 8.88. The molecule has 7 heteroatoms. The van der Waals surface area contributed by atoms with Gasteiger partial charge in [0.2, 0.25) is 0 Å². The van der Waals surface area contributed by atoms with Crippen molar-refractivity contribution in [1.82, 2.24) is 15.6 Å². The number of ether oxygens (including phenoxy) is 1. The van der Waals surface area contributed by atoms with Crippen LogP contribution in [0.25, 0.3) is 0 Å². The van der Waals surface area contributed by atoms with Crippen molar-refractivity contribution in [3.63, 3.8) is 0 Å². The van der Waals surface area contributed by atoms with Crippen molar-refractivity contribution >= 4 is 23.4 Å². The fourth-order valence-electron chi connectivity index (χ4n) is 2.69. The molecule has 1 aliphatic rings. The Balaban J connectivity index is 1.55. The van der Waals surface area contributed by atoms with Crippen LogP contribution in [-0.2, 0) is 11.3 Å². The lowest BCUT2D eigenvalue weighted by molar-refractivity contribution is 0.0853. The average Bonchev–Trinajstić information content (AvgIpc) is 3.19. The number of hydrogen-bond acceptors (Lipinski definition) is 4. The molecule has 26 heavy (non-hydrogen) atoms. The number of aromatic nitrogens is 1. The number of benzene rings is 1. The van der Waals surface area contributed by atoms with Crippen molar-refractivity contribution < 1.29 is 14.3 Å². The van der Waals surface area contributed by atoms with Gasteiger partial charge in [0.05, 0.1) is 6.10 Å². The molecule has 136 valence electrons. The van der Waals surface area contributed by atoms with Gasteiger partial charge in [-0.1, -0.05) is 23.7 Å². The summed E-state index contributed by atoms with van der Waals surface area (Å²) in [6.45, 7) is 1.56. The highest BCUT2D eigenvalue weighted by atomic mass is 35.5. The van der Waals surface area contributed by atoms with Crippen molar-refractivity contribution in [2.45, 2.75) is 25.5 Å². The number of carbonyl (C=O) groups excluding carboxylic acids is 2. The third-order valence-electron chi connectivity index (χ3n) is 4.14. The van der Waals surface area contributed by atoms with Crippen LogP contribution in [0.1, 0.15) is 39.3 Å². The molecule has 3 rings (SSSR count). The quantitative estimate of drug-likeness (QED) is 0.815. The number of hydrogen-bond donors (Lipinski definition) is 2. The third kappa shape index (κ3) is 5.03. The normalized spacial score (nSPS) is 16.3. The van der Waals surface area contributed by atoms with Crippen LogP contribution in [0.2, 0.25) is 5.02 Å². The molecule has 2 N–H and O–H groups in total. The molecule has 1 unspecified atom stereocenters. The molecule has 1 aliphatic heterocycles. The highest BCUT2D eigenvalue weighted by molar-refractivity contribution is 6.30. The summed E-state index contributed by atoms with van der Waals surface area (Å²) in [6, 6.07) is 10.3. The Morgan fingerprint density at radius 1 is 1.15 bits per heavy atom. The summed E-state index contributed by atoms with van der Waals surface area (Å²) in [7, 11) is 0. The van der Waals surface area contributed by atoms with Gasteiger partial charge in [-0.05, 0) is 42.7 Å². The highest BCUT2D eigenvalue weighted by Crippen LogP contribution is 2.11. The number of carbonyl (C=O) groups is 2. The summed E-state index contributed by atoms with van der Waals surface area (Å²) in [5, 5.41) is 6.26. The second-order valence-corrected chi connectivity index (χ2v) is 6.52. The molecular formula is C19H20ClN3O3. The molecule has 1 atom stereocenters. The summed E-state index contributed by atoms with van der Waals surface area (Å²) in [5.74, 6) is -0.580. The Kier molecular flexibility index (Phi) is 6.20. The fraction of sp³-hybridized carbons (Fsp3) is 0.316.